The zero-order valence-corrected chi connectivity index (χ0v) is 21.0. The third kappa shape index (κ3) is 6.50. The van der Waals surface area contributed by atoms with E-state index in [2.05, 4.69) is 30.1 Å². The maximum atomic E-state index is 12.7. The first-order valence-corrected chi connectivity index (χ1v) is 12.4. The summed E-state index contributed by atoms with van der Waals surface area (Å²) in [5, 5.41) is 8.22. The second-order valence-electron chi connectivity index (χ2n) is 9.30. The zero-order valence-electron chi connectivity index (χ0n) is 20.3. The van der Waals surface area contributed by atoms with Crippen LogP contribution in [0.4, 0.5) is 0 Å². The Balaban J connectivity index is 1.29. The monoisotopic (exact) mass is 493 g/mol. The zero-order chi connectivity index (χ0) is 24.8. The standard InChI is InChI=1S/C27H32ClN5O2/c1-20(2)16-23-17-21(30-33(23)22-8-4-3-5-9-22)18-29-26(34)19-31-12-14-32(15-13-31)27(35)24-10-6-7-11-25(24)28/h3-11,17,20H,12-16,18-19H2,1-2H3,(H,29,34). The summed E-state index contributed by atoms with van der Waals surface area (Å²) in [6, 6.07) is 19.2. The molecule has 1 N–H and O–H groups in total. The van der Waals surface area contributed by atoms with E-state index in [0.717, 1.165) is 23.5 Å². The minimum absolute atomic E-state index is 0.0458. The molecule has 0 radical (unpaired) electrons. The van der Waals surface area contributed by atoms with Crippen LogP contribution in [-0.2, 0) is 17.8 Å². The van der Waals surface area contributed by atoms with Gasteiger partial charge in [-0.05, 0) is 42.7 Å². The van der Waals surface area contributed by atoms with Crippen molar-refractivity contribution in [3.63, 3.8) is 0 Å². The van der Waals surface area contributed by atoms with Crippen molar-refractivity contribution in [1.29, 1.82) is 0 Å². The van der Waals surface area contributed by atoms with Gasteiger partial charge in [-0.3, -0.25) is 14.5 Å². The summed E-state index contributed by atoms with van der Waals surface area (Å²) < 4.78 is 1.97. The van der Waals surface area contributed by atoms with E-state index in [1.807, 2.05) is 47.1 Å². The number of rotatable bonds is 8. The van der Waals surface area contributed by atoms with E-state index in [1.165, 1.54) is 0 Å². The summed E-state index contributed by atoms with van der Waals surface area (Å²) >= 11 is 6.17. The third-order valence-corrected chi connectivity index (χ3v) is 6.38. The number of carbonyl (C=O) groups is 2. The highest BCUT2D eigenvalue weighted by Gasteiger charge is 2.24. The van der Waals surface area contributed by atoms with E-state index in [1.54, 1.807) is 17.0 Å². The number of benzene rings is 2. The molecule has 4 rings (SSSR count). The first-order valence-electron chi connectivity index (χ1n) is 12.1. The SMILES string of the molecule is CC(C)Cc1cc(CNC(=O)CN2CCN(C(=O)c3ccccc3Cl)CC2)nn1-c1ccccc1. The van der Waals surface area contributed by atoms with E-state index in [0.29, 0.717) is 55.8 Å². The summed E-state index contributed by atoms with van der Waals surface area (Å²) in [5.41, 5.74) is 3.51. The molecule has 1 aliphatic rings. The number of piperazine rings is 1. The Hall–Kier alpha value is -3.16. The number of nitrogens with zero attached hydrogens (tertiary/aromatic N) is 4. The number of aromatic nitrogens is 2. The quantitative estimate of drug-likeness (QED) is 0.518. The predicted molar refractivity (Wildman–Crippen MR) is 138 cm³/mol. The summed E-state index contributed by atoms with van der Waals surface area (Å²) in [5.74, 6) is 0.390. The number of carbonyl (C=O) groups excluding carboxylic acids is 2. The summed E-state index contributed by atoms with van der Waals surface area (Å²) in [6.07, 6.45) is 0.910. The van der Waals surface area contributed by atoms with Gasteiger partial charge in [0, 0.05) is 31.9 Å². The van der Waals surface area contributed by atoms with Crippen LogP contribution >= 0.6 is 11.6 Å². The molecule has 7 nitrogen and oxygen atoms in total. The van der Waals surface area contributed by atoms with Crippen molar-refractivity contribution in [2.24, 2.45) is 5.92 Å². The van der Waals surface area contributed by atoms with Crippen molar-refractivity contribution < 1.29 is 9.59 Å². The number of hydrogen-bond acceptors (Lipinski definition) is 4. The average molecular weight is 494 g/mol. The molecule has 1 aliphatic heterocycles. The van der Waals surface area contributed by atoms with Crippen LogP contribution in [0, 0.1) is 5.92 Å². The second kappa shape index (κ2) is 11.5. The van der Waals surface area contributed by atoms with E-state index in [4.69, 9.17) is 16.7 Å². The summed E-state index contributed by atoms with van der Waals surface area (Å²) in [6.45, 7) is 7.47. The van der Waals surface area contributed by atoms with Gasteiger partial charge in [0.05, 0.1) is 35.1 Å². The molecule has 35 heavy (non-hydrogen) atoms. The van der Waals surface area contributed by atoms with Crippen LogP contribution in [0.3, 0.4) is 0 Å². The van der Waals surface area contributed by atoms with E-state index in [9.17, 15) is 9.59 Å². The first kappa shape index (κ1) is 24.9. The molecule has 3 aromatic rings. The molecule has 2 aromatic carbocycles. The molecule has 2 heterocycles. The first-order chi connectivity index (χ1) is 16.9. The number of hydrogen-bond donors (Lipinski definition) is 1. The molecule has 0 saturated carbocycles. The highest BCUT2D eigenvalue weighted by molar-refractivity contribution is 6.33. The third-order valence-electron chi connectivity index (χ3n) is 6.05. The maximum absolute atomic E-state index is 12.7. The van der Waals surface area contributed by atoms with Crippen LogP contribution in [0.15, 0.2) is 60.7 Å². The molecule has 2 amide bonds. The van der Waals surface area contributed by atoms with Crippen molar-refractivity contribution in [2.75, 3.05) is 32.7 Å². The molecule has 0 aliphatic carbocycles. The topological polar surface area (TPSA) is 70.5 Å². The van der Waals surface area contributed by atoms with Crippen molar-refractivity contribution in [3.05, 3.63) is 82.6 Å². The van der Waals surface area contributed by atoms with Crippen LogP contribution in [-0.4, -0.2) is 64.1 Å². The lowest BCUT2D eigenvalue weighted by molar-refractivity contribution is -0.122. The highest BCUT2D eigenvalue weighted by atomic mass is 35.5. The number of halogens is 1. The fraction of sp³-hybridized carbons (Fsp3) is 0.370. The van der Waals surface area contributed by atoms with Gasteiger partial charge in [-0.25, -0.2) is 4.68 Å². The molecule has 0 bridgehead atoms. The van der Waals surface area contributed by atoms with Gasteiger partial charge in [0.2, 0.25) is 5.91 Å². The largest absolute Gasteiger partial charge is 0.349 e. The normalized spacial score (nSPS) is 14.3. The molecular weight excluding hydrogens is 462 g/mol. The molecule has 184 valence electrons. The number of amides is 2. The van der Waals surface area contributed by atoms with E-state index >= 15 is 0 Å². The van der Waals surface area contributed by atoms with E-state index < -0.39 is 0 Å². The van der Waals surface area contributed by atoms with Crippen molar-refractivity contribution in [3.8, 4) is 5.69 Å². The summed E-state index contributed by atoms with van der Waals surface area (Å²) in [4.78, 5) is 29.2. The molecular formula is C27H32ClN5O2. The van der Waals surface area contributed by atoms with Crippen molar-refractivity contribution >= 4 is 23.4 Å². The molecule has 1 fully saturated rings. The lowest BCUT2D eigenvalue weighted by Crippen LogP contribution is -2.51. The number of para-hydroxylation sites is 1. The van der Waals surface area contributed by atoms with Crippen molar-refractivity contribution in [1.82, 2.24) is 24.9 Å². The van der Waals surface area contributed by atoms with Gasteiger partial charge in [-0.1, -0.05) is 55.8 Å². The Kier molecular flexibility index (Phi) is 8.21. The molecule has 0 unspecified atom stereocenters. The highest BCUT2D eigenvalue weighted by Crippen LogP contribution is 2.18. The average Bonchev–Trinajstić information content (AvgIpc) is 3.25. The van der Waals surface area contributed by atoms with Gasteiger partial charge in [-0.2, -0.15) is 5.10 Å². The Morgan fingerprint density at radius 2 is 1.69 bits per heavy atom. The van der Waals surface area contributed by atoms with Gasteiger partial charge < -0.3 is 10.2 Å². The van der Waals surface area contributed by atoms with Gasteiger partial charge in [0.25, 0.3) is 5.91 Å². The predicted octanol–water partition coefficient (Wildman–Crippen LogP) is 3.80. The van der Waals surface area contributed by atoms with Crippen LogP contribution in [0.5, 0.6) is 0 Å². The van der Waals surface area contributed by atoms with Gasteiger partial charge in [0.1, 0.15) is 0 Å². The lowest BCUT2D eigenvalue weighted by atomic mass is 10.1. The fourth-order valence-electron chi connectivity index (χ4n) is 4.28. The minimum atomic E-state index is -0.0640. The smallest absolute Gasteiger partial charge is 0.255 e. The Bertz CT molecular complexity index is 1150. The Labute approximate surface area is 211 Å². The fourth-order valence-corrected chi connectivity index (χ4v) is 4.50. The molecule has 0 spiro atoms. The lowest BCUT2D eigenvalue weighted by Gasteiger charge is -2.34. The Morgan fingerprint density at radius 3 is 2.37 bits per heavy atom. The molecule has 0 atom stereocenters. The Morgan fingerprint density at radius 1 is 1.00 bits per heavy atom. The van der Waals surface area contributed by atoms with Crippen LogP contribution in [0.1, 0.15) is 35.6 Å². The maximum Gasteiger partial charge on any atom is 0.255 e. The van der Waals surface area contributed by atoms with Crippen molar-refractivity contribution in [2.45, 2.75) is 26.8 Å². The van der Waals surface area contributed by atoms with E-state index in [-0.39, 0.29) is 11.8 Å². The van der Waals surface area contributed by atoms with Crippen LogP contribution < -0.4 is 5.32 Å². The molecule has 1 saturated heterocycles. The van der Waals surface area contributed by atoms with Crippen LogP contribution in [0.2, 0.25) is 5.02 Å². The van der Waals surface area contributed by atoms with Gasteiger partial charge >= 0.3 is 0 Å². The molecule has 1 aromatic heterocycles. The molecule has 8 heteroatoms. The minimum Gasteiger partial charge on any atom is -0.349 e. The second-order valence-corrected chi connectivity index (χ2v) is 9.70. The summed E-state index contributed by atoms with van der Waals surface area (Å²) in [7, 11) is 0. The number of nitrogens with one attached hydrogen (secondary N) is 1. The van der Waals surface area contributed by atoms with Gasteiger partial charge in [-0.15, -0.1) is 0 Å². The van der Waals surface area contributed by atoms with Crippen LogP contribution in [0.25, 0.3) is 5.69 Å². The van der Waals surface area contributed by atoms with Gasteiger partial charge in [0.15, 0.2) is 0 Å².